The second kappa shape index (κ2) is 7.63. The first-order chi connectivity index (χ1) is 13.3. The van der Waals surface area contributed by atoms with E-state index in [1.807, 2.05) is 37.3 Å². The van der Waals surface area contributed by atoms with Gasteiger partial charge >= 0.3 is 12.0 Å². The maximum Gasteiger partial charge on any atom is 0.335 e. The minimum Gasteiger partial charge on any atom is -0.467 e. The van der Waals surface area contributed by atoms with Gasteiger partial charge in [-0.05, 0) is 31.5 Å². The highest BCUT2D eigenvalue weighted by molar-refractivity contribution is 7.89. The summed E-state index contributed by atoms with van der Waals surface area (Å²) in [7, 11) is -2.88. The molecule has 2 atom stereocenters. The van der Waals surface area contributed by atoms with Gasteiger partial charge in [0.05, 0.1) is 24.6 Å². The average Bonchev–Trinajstić information content (AvgIpc) is 3.05. The Bertz CT molecular complexity index is 973. The molecule has 0 saturated carbocycles. The molecule has 0 radical (unpaired) electrons. The maximum absolute atomic E-state index is 13.1. The fraction of sp³-hybridized carbons (Fsp3) is 0.300. The van der Waals surface area contributed by atoms with Crippen molar-refractivity contribution in [2.45, 2.75) is 30.8 Å². The van der Waals surface area contributed by atoms with E-state index in [0.717, 1.165) is 15.4 Å². The first-order valence-electron chi connectivity index (χ1n) is 8.82. The van der Waals surface area contributed by atoms with Crippen molar-refractivity contribution in [2.75, 3.05) is 13.7 Å². The lowest BCUT2D eigenvalue weighted by Crippen LogP contribution is -2.42. The molecule has 7 nitrogen and oxygen atoms in total. The van der Waals surface area contributed by atoms with Crippen molar-refractivity contribution in [2.24, 2.45) is 0 Å². The van der Waals surface area contributed by atoms with E-state index in [9.17, 15) is 18.0 Å². The Morgan fingerprint density at radius 2 is 1.71 bits per heavy atom. The number of carbonyl (C=O) groups excluding carboxylic acids is 2. The number of nitrogens with zero attached hydrogens (tertiary/aromatic N) is 2. The predicted molar refractivity (Wildman–Crippen MR) is 103 cm³/mol. The van der Waals surface area contributed by atoms with E-state index < -0.39 is 34.1 Å². The van der Waals surface area contributed by atoms with Gasteiger partial charge in [0, 0.05) is 0 Å². The number of carbonyl (C=O) groups is 2. The molecule has 0 aromatic heterocycles. The molecule has 0 spiro atoms. The van der Waals surface area contributed by atoms with Gasteiger partial charge in [0.1, 0.15) is 0 Å². The zero-order valence-electron chi connectivity index (χ0n) is 15.9. The van der Waals surface area contributed by atoms with Crippen molar-refractivity contribution < 1.29 is 22.7 Å². The molecule has 1 fully saturated rings. The topological polar surface area (TPSA) is 84.0 Å². The van der Waals surface area contributed by atoms with Crippen molar-refractivity contribution in [3.05, 3.63) is 65.7 Å². The van der Waals surface area contributed by atoms with Crippen LogP contribution in [0.15, 0.2) is 59.5 Å². The molecule has 0 N–H and O–H groups in total. The summed E-state index contributed by atoms with van der Waals surface area (Å²) >= 11 is 0. The Kier molecular flexibility index (Phi) is 5.42. The number of benzene rings is 2. The van der Waals surface area contributed by atoms with Gasteiger partial charge in [-0.1, -0.05) is 48.0 Å². The van der Waals surface area contributed by atoms with Gasteiger partial charge in [0.25, 0.3) is 10.0 Å². The minimum atomic E-state index is -4.09. The van der Waals surface area contributed by atoms with Gasteiger partial charge in [-0.25, -0.2) is 22.3 Å². The molecule has 3 rings (SSSR count). The minimum absolute atomic E-state index is 0.00396. The van der Waals surface area contributed by atoms with Crippen LogP contribution >= 0.6 is 0 Å². The van der Waals surface area contributed by atoms with Crippen LogP contribution in [0.2, 0.25) is 0 Å². The Balaban J connectivity index is 2.00. The predicted octanol–water partition coefficient (Wildman–Crippen LogP) is 2.72. The van der Waals surface area contributed by atoms with Crippen LogP contribution in [0, 0.1) is 6.92 Å². The zero-order valence-corrected chi connectivity index (χ0v) is 16.7. The van der Waals surface area contributed by atoms with Gasteiger partial charge in [-0.3, -0.25) is 0 Å². The van der Waals surface area contributed by atoms with E-state index in [4.69, 9.17) is 4.74 Å². The summed E-state index contributed by atoms with van der Waals surface area (Å²) in [4.78, 5) is 26.7. The largest absolute Gasteiger partial charge is 0.467 e. The fourth-order valence-electron chi connectivity index (χ4n) is 3.28. The number of rotatable bonds is 5. The number of ether oxygens (including phenoxy) is 1. The van der Waals surface area contributed by atoms with Crippen molar-refractivity contribution >= 4 is 22.0 Å². The van der Waals surface area contributed by atoms with Gasteiger partial charge < -0.3 is 9.64 Å². The number of aryl methyl sites for hydroxylation is 1. The standard InChI is InChI=1S/C20H22N2O5S/c1-14-9-11-17(12-10-14)28(25,26)21-13-18(19(23)27-3)22(20(21)24)15(2)16-7-5-4-6-8-16/h4-12,15,18H,13H2,1-3H3/t15?,18-/m0/s1. The number of hydrogen-bond donors (Lipinski definition) is 0. The van der Waals surface area contributed by atoms with Crippen LogP contribution in [0.25, 0.3) is 0 Å². The molecule has 8 heteroatoms. The molecule has 1 heterocycles. The zero-order chi connectivity index (χ0) is 20.5. The molecule has 2 aromatic carbocycles. The molecule has 0 bridgehead atoms. The molecule has 1 aliphatic heterocycles. The maximum atomic E-state index is 13.1. The fourth-order valence-corrected chi connectivity index (χ4v) is 4.65. The van der Waals surface area contributed by atoms with E-state index >= 15 is 0 Å². The number of urea groups is 1. The van der Waals surface area contributed by atoms with Crippen LogP contribution in [0.5, 0.6) is 0 Å². The van der Waals surface area contributed by atoms with Crippen molar-refractivity contribution in [3.8, 4) is 0 Å². The number of hydrogen-bond acceptors (Lipinski definition) is 5. The molecule has 0 aliphatic carbocycles. The number of methoxy groups -OCH3 is 1. The quantitative estimate of drug-likeness (QED) is 0.718. The third kappa shape index (κ3) is 3.47. The summed E-state index contributed by atoms with van der Waals surface area (Å²) in [6.07, 6.45) is 0. The first-order valence-corrected chi connectivity index (χ1v) is 10.3. The van der Waals surface area contributed by atoms with Gasteiger partial charge in [-0.2, -0.15) is 0 Å². The van der Waals surface area contributed by atoms with E-state index in [1.165, 1.54) is 24.1 Å². The van der Waals surface area contributed by atoms with Crippen LogP contribution in [-0.4, -0.2) is 49.3 Å². The van der Waals surface area contributed by atoms with E-state index in [2.05, 4.69) is 0 Å². The first kappa shape index (κ1) is 19.9. The SMILES string of the molecule is COC(=O)[C@@H]1CN(S(=O)(=O)c2ccc(C)cc2)C(=O)N1C(C)c1ccccc1. The smallest absolute Gasteiger partial charge is 0.335 e. The monoisotopic (exact) mass is 402 g/mol. The Labute approximate surface area is 164 Å². The molecule has 1 unspecified atom stereocenters. The van der Waals surface area contributed by atoms with Crippen molar-refractivity contribution in [3.63, 3.8) is 0 Å². The number of esters is 1. The van der Waals surface area contributed by atoms with Crippen LogP contribution < -0.4 is 0 Å². The Morgan fingerprint density at radius 3 is 2.29 bits per heavy atom. The Morgan fingerprint density at radius 1 is 1.11 bits per heavy atom. The highest BCUT2D eigenvalue weighted by Gasteiger charge is 2.49. The van der Waals surface area contributed by atoms with Crippen LogP contribution in [0.3, 0.4) is 0 Å². The average molecular weight is 402 g/mol. The van der Waals surface area contributed by atoms with E-state index in [1.54, 1.807) is 19.1 Å². The summed E-state index contributed by atoms with van der Waals surface area (Å²) in [5.41, 5.74) is 1.69. The second-order valence-electron chi connectivity index (χ2n) is 6.66. The molecule has 1 saturated heterocycles. The van der Waals surface area contributed by atoms with E-state index in [-0.39, 0.29) is 11.4 Å². The van der Waals surface area contributed by atoms with Crippen molar-refractivity contribution in [1.29, 1.82) is 0 Å². The highest BCUT2D eigenvalue weighted by Crippen LogP contribution is 2.32. The lowest BCUT2D eigenvalue weighted by molar-refractivity contribution is -0.145. The van der Waals surface area contributed by atoms with Crippen molar-refractivity contribution in [1.82, 2.24) is 9.21 Å². The molecular formula is C20H22N2O5S. The third-order valence-electron chi connectivity index (χ3n) is 4.89. The highest BCUT2D eigenvalue weighted by atomic mass is 32.2. The summed E-state index contributed by atoms with van der Waals surface area (Å²) in [6, 6.07) is 13.1. The molecule has 2 aromatic rings. The van der Waals surface area contributed by atoms with Crippen LogP contribution in [0.4, 0.5) is 4.79 Å². The van der Waals surface area contributed by atoms with Gasteiger partial charge in [-0.15, -0.1) is 0 Å². The number of sulfonamides is 1. The second-order valence-corrected chi connectivity index (χ2v) is 8.53. The van der Waals surface area contributed by atoms with Crippen LogP contribution in [0.1, 0.15) is 24.1 Å². The number of amides is 2. The molecule has 1 aliphatic rings. The molecule has 2 amide bonds. The molecule has 28 heavy (non-hydrogen) atoms. The normalized spacial score (nSPS) is 18.2. The van der Waals surface area contributed by atoms with Crippen LogP contribution in [-0.2, 0) is 19.6 Å². The molecular weight excluding hydrogens is 380 g/mol. The Hall–Kier alpha value is -2.87. The summed E-state index contributed by atoms with van der Waals surface area (Å²) < 4.78 is 31.7. The summed E-state index contributed by atoms with van der Waals surface area (Å²) in [6.45, 7) is 3.30. The third-order valence-corrected chi connectivity index (χ3v) is 6.64. The summed E-state index contributed by atoms with van der Waals surface area (Å²) in [5.74, 6) is -0.655. The van der Waals surface area contributed by atoms with Gasteiger partial charge in [0.15, 0.2) is 6.04 Å². The lowest BCUT2D eigenvalue weighted by Gasteiger charge is -2.28. The van der Waals surface area contributed by atoms with E-state index in [0.29, 0.717) is 0 Å². The van der Waals surface area contributed by atoms with Gasteiger partial charge in [0.2, 0.25) is 0 Å². The lowest BCUT2D eigenvalue weighted by atomic mass is 10.1. The summed E-state index contributed by atoms with van der Waals surface area (Å²) in [5, 5.41) is 0. The molecule has 148 valence electrons.